The van der Waals surface area contributed by atoms with Crippen LogP contribution in [0.15, 0.2) is 40.5 Å². The van der Waals surface area contributed by atoms with Gasteiger partial charge < -0.3 is 4.98 Å². The van der Waals surface area contributed by atoms with Gasteiger partial charge in [-0.25, -0.2) is 9.97 Å². The summed E-state index contributed by atoms with van der Waals surface area (Å²) in [6.45, 7) is 4.01. The number of rotatable bonds is 5. The highest BCUT2D eigenvalue weighted by atomic mass is 32.2. The van der Waals surface area contributed by atoms with Gasteiger partial charge in [-0.05, 0) is 19.4 Å². The van der Waals surface area contributed by atoms with Gasteiger partial charge in [0.25, 0.3) is 5.56 Å². The minimum absolute atomic E-state index is 0.0347. The molecule has 3 heterocycles. The van der Waals surface area contributed by atoms with Crippen LogP contribution in [0.25, 0.3) is 20.8 Å². The third-order valence-corrected chi connectivity index (χ3v) is 7.17. The largest absolute Gasteiger partial charge is 0.309 e. The maximum Gasteiger partial charge on any atom is 0.259 e. The quantitative estimate of drug-likeness (QED) is 0.504. The van der Waals surface area contributed by atoms with Gasteiger partial charge >= 0.3 is 0 Å². The molecule has 0 unspecified atom stereocenters. The van der Waals surface area contributed by atoms with E-state index < -0.39 is 0 Å². The van der Waals surface area contributed by atoms with Gasteiger partial charge in [-0.1, -0.05) is 30.3 Å². The molecular formula is C19H17N3OS3. The molecule has 132 valence electrons. The Balaban J connectivity index is 1.45. The first-order valence-electron chi connectivity index (χ1n) is 8.18. The van der Waals surface area contributed by atoms with Crippen LogP contribution in [-0.4, -0.2) is 15.0 Å². The van der Waals surface area contributed by atoms with Crippen LogP contribution in [0.3, 0.4) is 0 Å². The lowest BCUT2D eigenvalue weighted by molar-refractivity contribution is 1.04. The molecule has 4 aromatic rings. The molecule has 0 aliphatic carbocycles. The Bertz CT molecular complexity index is 1110. The van der Waals surface area contributed by atoms with Crippen LogP contribution in [0.5, 0.6) is 0 Å². The van der Waals surface area contributed by atoms with Crippen molar-refractivity contribution in [2.24, 2.45) is 0 Å². The minimum Gasteiger partial charge on any atom is -0.309 e. The van der Waals surface area contributed by atoms with Gasteiger partial charge in [0.15, 0.2) is 0 Å². The summed E-state index contributed by atoms with van der Waals surface area (Å²) >= 11 is 4.96. The number of thiophene rings is 1. The van der Waals surface area contributed by atoms with Gasteiger partial charge in [-0.2, -0.15) is 0 Å². The number of benzene rings is 1. The molecule has 0 aliphatic rings. The van der Waals surface area contributed by atoms with Crippen molar-refractivity contribution >= 4 is 44.7 Å². The molecular weight excluding hydrogens is 382 g/mol. The van der Waals surface area contributed by atoms with Gasteiger partial charge in [-0.3, -0.25) is 4.79 Å². The van der Waals surface area contributed by atoms with Crippen LogP contribution in [0.2, 0.25) is 0 Å². The Morgan fingerprint density at radius 1 is 1.12 bits per heavy atom. The third-order valence-electron chi connectivity index (χ3n) is 4.15. The predicted molar refractivity (Wildman–Crippen MR) is 112 cm³/mol. The maximum absolute atomic E-state index is 12.3. The van der Waals surface area contributed by atoms with Crippen LogP contribution in [0.4, 0.5) is 0 Å². The summed E-state index contributed by atoms with van der Waals surface area (Å²) in [6, 6.07) is 10.2. The first-order chi connectivity index (χ1) is 12.6. The van der Waals surface area contributed by atoms with E-state index in [9.17, 15) is 4.79 Å². The van der Waals surface area contributed by atoms with E-state index in [1.807, 2.05) is 32.0 Å². The highest BCUT2D eigenvalue weighted by molar-refractivity contribution is 7.97. The van der Waals surface area contributed by atoms with Crippen molar-refractivity contribution in [3.05, 3.63) is 68.0 Å². The standard InChI is InChI=1S/C19H17N3OS3/c1-11-12(2)26-19-16(11)17(23)21-15(22-19)10-24-8-14-9-25-18(20-14)13-6-4-3-5-7-13/h3-7,9H,8,10H2,1-2H3,(H,21,22,23). The number of aryl methyl sites for hydroxylation is 2. The first kappa shape index (κ1) is 17.5. The zero-order valence-corrected chi connectivity index (χ0v) is 16.9. The summed E-state index contributed by atoms with van der Waals surface area (Å²) in [5, 5.41) is 3.87. The Hall–Kier alpha value is -1.96. The molecule has 0 fully saturated rings. The summed E-state index contributed by atoms with van der Waals surface area (Å²) in [4.78, 5) is 26.6. The number of fused-ring (bicyclic) bond motifs is 1. The van der Waals surface area contributed by atoms with Crippen molar-refractivity contribution in [1.29, 1.82) is 0 Å². The molecule has 3 aromatic heterocycles. The number of nitrogens with zero attached hydrogens (tertiary/aromatic N) is 2. The average molecular weight is 400 g/mol. The lowest BCUT2D eigenvalue weighted by Crippen LogP contribution is -2.10. The Morgan fingerprint density at radius 2 is 1.92 bits per heavy atom. The van der Waals surface area contributed by atoms with E-state index in [1.54, 1.807) is 34.4 Å². The first-order valence-corrected chi connectivity index (χ1v) is 11.0. The predicted octanol–water partition coefficient (Wildman–Crippen LogP) is 5.16. The van der Waals surface area contributed by atoms with E-state index in [1.165, 1.54) is 0 Å². The number of H-pyrrole nitrogens is 1. The molecule has 0 bridgehead atoms. The zero-order chi connectivity index (χ0) is 18.1. The Morgan fingerprint density at radius 3 is 2.73 bits per heavy atom. The summed E-state index contributed by atoms with van der Waals surface area (Å²) in [7, 11) is 0. The molecule has 0 saturated heterocycles. The van der Waals surface area contributed by atoms with Crippen molar-refractivity contribution in [2.45, 2.75) is 25.4 Å². The van der Waals surface area contributed by atoms with E-state index in [2.05, 4.69) is 27.5 Å². The number of aromatic nitrogens is 3. The highest BCUT2D eigenvalue weighted by Gasteiger charge is 2.12. The van der Waals surface area contributed by atoms with Crippen LogP contribution >= 0.6 is 34.4 Å². The SMILES string of the molecule is Cc1sc2nc(CSCc3csc(-c4ccccc4)n3)[nH]c(=O)c2c1C. The van der Waals surface area contributed by atoms with E-state index in [4.69, 9.17) is 4.98 Å². The van der Waals surface area contributed by atoms with Crippen molar-refractivity contribution in [2.75, 3.05) is 0 Å². The van der Waals surface area contributed by atoms with Crippen molar-refractivity contribution < 1.29 is 0 Å². The van der Waals surface area contributed by atoms with Crippen molar-refractivity contribution in [3.63, 3.8) is 0 Å². The minimum atomic E-state index is -0.0347. The number of hydrogen-bond donors (Lipinski definition) is 1. The second-order valence-electron chi connectivity index (χ2n) is 5.98. The lowest BCUT2D eigenvalue weighted by atomic mass is 10.2. The zero-order valence-electron chi connectivity index (χ0n) is 14.4. The molecule has 0 radical (unpaired) electrons. The van der Waals surface area contributed by atoms with Crippen LogP contribution in [0, 0.1) is 13.8 Å². The summed E-state index contributed by atoms with van der Waals surface area (Å²) in [5.41, 5.74) is 3.21. The molecule has 0 saturated carbocycles. The summed E-state index contributed by atoms with van der Waals surface area (Å²) in [6.07, 6.45) is 0. The Labute approximate surface area is 163 Å². The molecule has 1 N–H and O–H groups in total. The molecule has 4 rings (SSSR count). The molecule has 0 atom stereocenters. The number of thiazole rings is 1. The van der Waals surface area contributed by atoms with Crippen LogP contribution in [0.1, 0.15) is 22.0 Å². The molecule has 1 aromatic carbocycles. The van der Waals surface area contributed by atoms with E-state index in [-0.39, 0.29) is 5.56 Å². The summed E-state index contributed by atoms with van der Waals surface area (Å²) in [5.74, 6) is 2.19. The van der Waals surface area contributed by atoms with E-state index >= 15 is 0 Å². The van der Waals surface area contributed by atoms with Crippen molar-refractivity contribution in [1.82, 2.24) is 15.0 Å². The van der Waals surface area contributed by atoms with Gasteiger partial charge in [-0.15, -0.1) is 34.4 Å². The number of thioether (sulfide) groups is 1. The molecule has 0 amide bonds. The fourth-order valence-corrected chi connectivity index (χ4v) is 5.48. The summed E-state index contributed by atoms with van der Waals surface area (Å²) < 4.78 is 0. The highest BCUT2D eigenvalue weighted by Crippen LogP contribution is 2.28. The Kier molecular flexibility index (Phi) is 4.93. The van der Waals surface area contributed by atoms with Gasteiger partial charge in [0.05, 0.1) is 16.8 Å². The molecule has 0 aliphatic heterocycles. The van der Waals surface area contributed by atoms with E-state index in [0.717, 1.165) is 48.5 Å². The van der Waals surface area contributed by atoms with Crippen LogP contribution in [-0.2, 0) is 11.5 Å². The molecule has 0 spiro atoms. The van der Waals surface area contributed by atoms with Gasteiger partial charge in [0, 0.05) is 21.6 Å². The van der Waals surface area contributed by atoms with Gasteiger partial charge in [0.2, 0.25) is 0 Å². The van der Waals surface area contributed by atoms with Gasteiger partial charge in [0.1, 0.15) is 15.7 Å². The van der Waals surface area contributed by atoms with Crippen LogP contribution < -0.4 is 5.56 Å². The number of aromatic amines is 1. The third kappa shape index (κ3) is 3.47. The smallest absolute Gasteiger partial charge is 0.259 e. The monoisotopic (exact) mass is 399 g/mol. The topological polar surface area (TPSA) is 58.6 Å². The second kappa shape index (κ2) is 7.34. The van der Waals surface area contributed by atoms with E-state index in [0.29, 0.717) is 5.75 Å². The lowest BCUT2D eigenvalue weighted by Gasteiger charge is -2.01. The number of hydrogen-bond acceptors (Lipinski definition) is 6. The molecule has 7 heteroatoms. The average Bonchev–Trinajstić information content (AvgIpc) is 3.21. The second-order valence-corrected chi connectivity index (χ2v) is 9.03. The fourth-order valence-electron chi connectivity index (χ4n) is 2.71. The molecule has 26 heavy (non-hydrogen) atoms. The number of nitrogens with one attached hydrogen (secondary N) is 1. The normalized spacial score (nSPS) is 11.3. The molecule has 4 nitrogen and oxygen atoms in total. The fraction of sp³-hybridized carbons (Fsp3) is 0.211. The van der Waals surface area contributed by atoms with Crippen molar-refractivity contribution in [3.8, 4) is 10.6 Å². The maximum atomic E-state index is 12.3.